The third-order valence-electron chi connectivity index (χ3n) is 3.45. The van der Waals surface area contributed by atoms with Gasteiger partial charge in [-0.15, -0.1) is 0 Å². The van der Waals surface area contributed by atoms with E-state index in [1.165, 1.54) is 13.0 Å². The lowest BCUT2D eigenvalue weighted by atomic mass is 10.1. The fourth-order valence-corrected chi connectivity index (χ4v) is 2.15. The summed E-state index contributed by atoms with van der Waals surface area (Å²) < 4.78 is 0. The maximum absolute atomic E-state index is 11.9. The number of rotatable bonds is 7. The summed E-state index contributed by atoms with van der Waals surface area (Å²) in [6, 6.07) is 0. The molecule has 1 rings (SSSR count). The molecule has 0 radical (unpaired) electrons. The van der Waals surface area contributed by atoms with Gasteiger partial charge < -0.3 is 10.2 Å². The largest absolute Gasteiger partial charge is 0.339 e. The van der Waals surface area contributed by atoms with Gasteiger partial charge in [-0.05, 0) is 31.8 Å². The average molecular weight is 255 g/mol. The number of carbonyl (C=O) groups excluding carboxylic acids is 1. The van der Waals surface area contributed by atoms with Gasteiger partial charge in [0.15, 0.2) is 0 Å². The van der Waals surface area contributed by atoms with Crippen molar-refractivity contribution in [1.82, 2.24) is 15.1 Å². The van der Waals surface area contributed by atoms with Crippen LogP contribution in [0.5, 0.6) is 0 Å². The van der Waals surface area contributed by atoms with Crippen LogP contribution in [-0.4, -0.2) is 61.5 Å². The zero-order valence-electron chi connectivity index (χ0n) is 12.2. The molecule has 1 aliphatic rings. The smallest absolute Gasteiger partial charge is 0.236 e. The average Bonchev–Trinajstić information content (AvgIpc) is 2.37. The van der Waals surface area contributed by atoms with Gasteiger partial charge in [-0.1, -0.05) is 20.8 Å². The van der Waals surface area contributed by atoms with Crippen molar-refractivity contribution in [2.75, 3.05) is 45.8 Å². The second-order valence-electron chi connectivity index (χ2n) is 5.58. The molecule has 0 aromatic heterocycles. The molecule has 1 amide bonds. The minimum Gasteiger partial charge on any atom is -0.339 e. The van der Waals surface area contributed by atoms with Crippen LogP contribution in [0.25, 0.3) is 0 Å². The summed E-state index contributed by atoms with van der Waals surface area (Å²) in [6.45, 7) is 13.1. The Morgan fingerprint density at radius 1 is 1.22 bits per heavy atom. The molecule has 0 atom stereocenters. The molecular formula is C14H29N3O. The Hall–Kier alpha value is -0.610. The van der Waals surface area contributed by atoms with E-state index in [0.717, 1.165) is 45.1 Å². The van der Waals surface area contributed by atoms with Crippen LogP contribution < -0.4 is 5.32 Å². The van der Waals surface area contributed by atoms with Crippen LogP contribution >= 0.6 is 0 Å². The van der Waals surface area contributed by atoms with Gasteiger partial charge in [0.1, 0.15) is 0 Å². The van der Waals surface area contributed by atoms with Crippen LogP contribution in [0.2, 0.25) is 0 Å². The molecule has 0 saturated carbocycles. The van der Waals surface area contributed by atoms with E-state index < -0.39 is 0 Å². The molecule has 0 unspecified atom stereocenters. The molecule has 1 saturated heterocycles. The predicted octanol–water partition coefficient (Wildman–Crippen LogP) is 1.18. The third-order valence-corrected chi connectivity index (χ3v) is 3.45. The second kappa shape index (κ2) is 8.48. The van der Waals surface area contributed by atoms with Gasteiger partial charge in [0.2, 0.25) is 5.91 Å². The topological polar surface area (TPSA) is 35.6 Å². The molecule has 1 fully saturated rings. The summed E-state index contributed by atoms with van der Waals surface area (Å²) in [5.41, 5.74) is 0. The van der Waals surface area contributed by atoms with E-state index in [1.807, 2.05) is 4.90 Å². The quantitative estimate of drug-likeness (QED) is 0.694. The molecule has 1 heterocycles. The van der Waals surface area contributed by atoms with Crippen molar-refractivity contribution in [3.05, 3.63) is 0 Å². The number of nitrogens with one attached hydrogen (secondary N) is 1. The SMILES string of the molecule is CCCNCC(=O)N1CCN(CCC(C)C)CC1. The number of amides is 1. The third kappa shape index (κ3) is 5.83. The normalized spacial score (nSPS) is 17.4. The molecular weight excluding hydrogens is 226 g/mol. The lowest BCUT2D eigenvalue weighted by Crippen LogP contribution is -2.51. The molecule has 1 N–H and O–H groups in total. The highest BCUT2D eigenvalue weighted by molar-refractivity contribution is 5.78. The van der Waals surface area contributed by atoms with E-state index in [1.54, 1.807) is 0 Å². The summed E-state index contributed by atoms with van der Waals surface area (Å²) in [4.78, 5) is 16.4. The van der Waals surface area contributed by atoms with Gasteiger partial charge in [-0.2, -0.15) is 0 Å². The van der Waals surface area contributed by atoms with Crippen molar-refractivity contribution in [2.24, 2.45) is 5.92 Å². The highest BCUT2D eigenvalue weighted by atomic mass is 16.2. The Balaban J connectivity index is 2.16. The van der Waals surface area contributed by atoms with E-state index in [2.05, 4.69) is 31.0 Å². The fourth-order valence-electron chi connectivity index (χ4n) is 2.15. The van der Waals surface area contributed by atoms with Crippen molar-refractivity contribution >= 4 is 5.91 Å². The van der Waals surface area contributed by atoms with Gasteiger partial charge in [-0.25, -0.2) is 0 Å². The van der Waals surface area contributed by atoms with Gasteiger partial charge in [0, 0.05) is 26.2 Å². The summed E-state index contributed by atoms with van der Waals surface area (Å²) in [5.74, 6) is 1.02. The number of hydrogen-bond acceptors (Lipinski definition) is 3. The van der Waals surface area contributed by atoms with Crippen molar-refractivity contribution in [3.8, 4) is 0 Å². The number of carbonyl (C=O) groups is 1. The first-order chi connectivity index (χ1) is 8.63. The summed E-state index contributed by atoms with van der Waals surface area (Å²) in [7, 11) is 0. The summed E-state index contributed by atoms with van der Waals surface area (Å²) >= 11 is 0. The Kier molecular flexibility index (Phi) is 7.28. The first-order valence-corrected chi connectivity index (χ1v) is 7.34. The zero-order valence-corrected chi connectivity index (χ0v) is 12.2. The molecule has 0 aromatic carbocycles. The van der Waals surface area contributed by atoms with Crippen molar-refractivity contribution in [2.45, 2.75) is 33.6 Å². The van der Waals surface area contributed by atoms with Crippen molar-refractivity contribution in [1.29, 1.82) is 0 Å². The molecule has 18 heavy (non-hydrogen) atoms. The molecule has 1 aliphatic heterocycles. The zero-order chi connectivity index (χ0) is 13.4. The van der Waals surface area contributed by atoms with E-state index in [-0.39, 0.29) is 5.91 Å². The number of hydrogen-bond donors (Lipinski definition) is 1. The highest BCUT2D eigenvalue weighted by Gasteiger charge is 2.20. The van der Waals surface area contributed by atoms with Crippen molar-refractivity contribution < 1.29 is 4.79 Å². The van der Waals surface area contributed by atoms with Gasteiger partial charge in [-0.3, -0.25) is 9.69 Å². The molecule has 0 bridgehead atoms. The minimum absolute atomic E-state index is 0.256. The van der Waals surface area contributed by atoms with Gasteiger partial charge in [0.25, 0.3) is 0 Å². The number of piperazine rings is 1. The van der Waals surface area contributed by atoms with E-state index >= 15 is 0 Å². The standard InChI is InChI=1S/C14H29N3O/c1-4-6-15-12-14(18)17-10-8-16(9-11-17)7-5-13(2)3/h13,15H,4-12H2,1-3H3. The molecule has 4 nitrogen and oxygen atoms in total. The lowest BCUT2D eigenvalue weighted by Gasteiger charge is -2.35. The first-order valence-electron chi connectivity index (χ1n) is 7.34. The van der Waals surface area contributed by atoms with Crippen LogP contribution in [0, 0.1) is 5.92 Å². The van der Waals surface area contributed by atoms with Gasteiger partial charge in [0.05, 0.1) is 6.54 Å². The number of nitrogens with zero attached hydrogens (tertiary/aromatic N) is 2. The maximum atomic E-state index is 11.9. The van der Waals surface area contributed by atoms with E-state index in [4.69, 9.17) is 0 Å². The van der Waals surface area contributed by atoms with Crippen LogP contribution in [0.15, 0.2) is 0 Å². The molecule has 0 aromatic rings. The fraction of sp³-hybridized carbons (Fsp3) is 0.929. The van der Waals surface area contributed by atoms with Crippen molar-refractivity contribution in [3.63, 3.8) is 0 Å². The Morgan fingerprint density at radius 3 is 2.44 bits per heavy atom. The molecule has 0 aliphatic carbocycles. The van der Waals surface area contributed by atoms with E-state index in [9.17, 15) is 4.79 Å². The monoisotopic (exact) mass is 255 g/mol. The van der Waals surface area contributed by atoms with Crippen LogP contribution in [0.1, 0.15) is 33.6 Å². The summed E-state index contributed by atoms with van der Waals surface area (Å²) in [5, 5.41) is 3.18. The second-order valence-corrected chi connectivity index (χ2v) is 5.58. The predicted molar refractivity (Wildman–Crippen MR) is 75.6 cm³/mol. The highest BCUT2D eigenvalue weighted by Crippen LogP contribution is 2.06. The minimum atomic E-state index is 0.256. The molecule has 106 valence electrons. The van der Waals surface area contributed by atoms with Crippen LogP contribution in [-0.2, 0) is 4.79 Å². The van der Waals surface area contributed by atoms with Gasteiger partial charge >= 0.3 is 0 Å². The van der Waals surface area contributed by atoms with Crippen LogP contribution in [0.4, 0.5) is 0 Å². The maximum Gasteiger partial charge on any atom is 0.236 e. The molecule has 0 spiro atoms. The molecule has 4 heteroatoms. The Bertz CT molecular complexity index is 235. The lowest BCUT2D eigenvalue weighted by molar-refractivity contribution is -0.132. The van der Waals surface area contributed by atoms with Crippen LogP contribution in [0.3, 0.4) is 0 Å². The Morgan fingerprint density at radius 2 is 1.89 bits per heavy atom. The first kappa shape index (κ1) is 15.4. The Labute approximate surface area is 112 Å². The van der Waals surface area contributed by atoms with E-state index in [0.29, 0.717) is 6.54 Å². The summed E-state index contributed by atoms with van der Waals surface area (Å²) in [6.07, 6.45) is 2.34.